The first-order valence-corrected chi connectivity index (χ1v) is 7.75. The lowest BCUT2D eigenvalue weighted by Gasteiger charge is -2.29. The van der Waals surface area contributed by atoms with E-state index in [9.17, 15) is 4.79 Å². The lowest BCUT2D eigenvalue weighted by atomic mass is 10.1. The molecule has 0 amide bonds. The van der Waals surface area contributed by atoms with Crippen LogP contribution in [0.4, 0.5) is 5.82 Å². The van der Waals surface area contributed by atoms with Crippen LogP contribution >= 0.6 is 0 Å². The molecule has 1 aromatic heterocycles. The fraction of sp³-hybridized carbons (Fsp3) is 0.733. The molecule has 5 heteroatoms. The molecule has 1 aliphatic heterocycles. The van der Waals surface area contributed by atoms with Crippen molar-refractivity contribution in [3.63, 3.8) is 0 Å². The summed E-state index contributed by atoms with van der Waals surface area (Å²) in [6.07, 6.45) is 8.34. The molecule has 2 heterocycles. The molecular weight excluding hydrogens is 252 g/mol. The van der Waals surface area contributed by atoms with Crippen LogP contribution in [0.2, 0.25) is 0 Å². The Morgan fingerprint density at radius 3 is 2.80 bits per heavy atom. The highest BCUT2D eigenvalue weighted by Gasteiger charge is 2.14. The SMILES string of the molecule is CCCn1ccnc(NC(C)CN2CCCCC2)c1=O. The molecule has 20 heavy (non-hydrogen) atoms. The first-order chi connectivity index (χ1) is 9.70. The number of nitrogens with one attached hydrogen (secondary N) is 1. The van der Waals surface area contributed by atoms with Crippen molar-refractivity contribution >= 4 is 5.82 Å². The van der Waals surface area contributed by atoms with Crippen molar-refractivity contribution < 1.29 is 0 Å². The highest BCUT2D eigenvalue weighted by Crippen LogP contribution is 2.09. The molecule has 2 rings (SSSR count). The summed E-state index contributed by atoms with van der Waals surface area (Å²) in [5, 5.41) is 3.27. The van der Waals surface area contributed by atoms with Gasteiger partial charge in [0.25, 0.3) is 5.56 Å². The van der Waals surface area contributed by atoms with Gasteiger partial charge in [-0.25, -0.2) is 4.98 Å². The predicted octanol–water partition coefficient (Wildman–Crippen LogP) is 1.94. The van der Waals surface area contributed by atoms with Crippen molar-refractivity contribution in [3.8, 4) is 0 Å². The van der Waals surface area contributed by atoms with E-state index < -0.39 is 0 Å². The highest BCUT2D eigenvalue weighted by molar-refractivity contribution is 5.32. The van der Waals surface area contributed by atoms with E-state index in [1.165, 1.54) is 32.4 Å². The van der Waals surface area contributed by atoms with Crippen LogP contribution in [-0.4, -0.2) is 40.1 Å². The molecule has 0 saturated carbocycles. The highest BCUT2D eigenvalue weighted by atomic mass is 16.1. The van der Waals surface area contributed by atoms with Gasteiger partial charge in [0.05, 0.1) is 0 Å². The smallest absolute Gasteiger partial charge is 0.293 e. The number of hydrogen-bond donors (Lipinski definition) is 1. The van der Waals surface area contributed by atoms with Crippen LogP contribution < -0.4 is 10.9 Å². The molecule has 112 valence electrons. The second-order valence-corrected chi connectivity index (χ2v) is 5.68. The lowest BCUT2D eigenvalue weighted by Crippen LogP contribution is -2.39. The van der Waals surface area contributed by atoms with Crippen LogP contribution in [0, 0.1) is 0 Å². The second-order valence-electron chi connectivity index (χ2n) is 5.68. The Labute approximate surface area is 121 Å². The number of rotatable bonds is 6. The maximum Gasteiger partial charge on any atom is 0.293 e. The van der Waals surface area contributed by atoms with Gasteiger partial charge in [0, 0.05) is 31.5 Å². The van der Waals surface area contributed by atoms with E-state index in [0.717, 1.165) is 19.5 Å². The fourth-order valence-corrected chi connectivity index (χ4v) is 2.77. The summed E-state index contributed by atoms with van der Waals surface area (Å²) in [6.45, 7) is 8.26. The molecule has 0 aliphatic carbocycles. The number of piperidine rings is 1. The van der Waals surface area contributed by atoms with E-state index in [1.54, 1.807) is 17.0 Å². The topological polar surface area (TPSA) is 50.2 Å². The molecule has 0 radical (unpaired) electrons. The monoisotopic (exact) mass is 278 g/mol. The molecule has 0 bridgehead atoms. The summed E-state index contributed by atoms with van der Waals surface area (Å²) in [5.41, 5.74) is -0.0140. The third kappa shape index (κ3) is 4.07. The summed E-state index contributed by atoms with van der Waals surface area (Å²) >= 11 is 0. The second kappa shape index (κ2) is 7.43. The van der Waals surface area contributed by atoms with Crippen LogP contribution in [0.25, 0.3) is 0 Å². The molecule has 1 N–H and O–H groups in total. The molecule has 0 spiro atoms. The van der Waals surface area contributed by atoms with Gasteiger partial charge in [0.2, 0.25) is 0 Å². The quantitative estimate of drug-likeness (QED) is 0.864. The summed E-state index contributed by atoms with van der Waals surface area (Å²) < 4.78 is 1.73. The van der Waals surface area contributed by atoms with Crippen molar-refractivity contribution in [2.75, 3.05) is 25.0 Å². The van der Waals surface area contributed by atoms with Gasteiger partial charge in [-0.15, -0.1) is 0 Å². The normalized spacial score (nSPS) is 17.9. The number of aryl methyl sites for hydroxylation is 1. The molecule has 1 aliphatic rings. The molecule has 1 saturated heterocycles. The van der Waals surface area contributed by atoms with Gasteiger partial charge in [0.1, 0.15) is 0 Å². The third-order valence-electron chi connectivity index (χ3n) is 3.74. The first kappa shape index (κ1) is 15.0. The summed E-state index contributed by atoms with van der Waals surface area (Å²) in [4.78, 5) is 18.9. The number of likely N-dealkylation sites (tertiary alicyclic amines) is 1. The Kier molecular flexibility index (Phi) is 5.59. The molecule has 1 atom stereocenters. The van der Waals surface area contributed by atoms with E-state index in [2.05, 4.69) is 29.0 Å². The van der Waals surface area contributed by atoms with Crippen molar-refractivity contribution in [2.24, 2.45) is 0 Å². The Hall–Kier alpha value is -1.36. The lowest BCUT2D eigenvalue weighted by molar-refractivity contribution is 0.223. The zero-order valence-electron chi connectivity index (χ0n) is 12.6. The summed E-state index contributed by atoms with van der Waals surface area (Å²) in [5.74, 6) is 0.477. The number of aromatic nitrogens is 2. The molecule has 1 fully saturated rings. The van der Waals surface area contributed by atoms with Crippen molar-refractivity contribution in [1.82, 2.24) is 14.5 Å². The van der Waals surface area contributed by atoms with Crippen molar-refractivity contribution in [1.29, 1.82) is 0 Å². The van der Waals surface area contributed by atoms with Gasteiger partial charge in [-0.1, -0.05) is 13.3 Å². The first-order valence-electron chi connectivity index (χ1n) is 7.75. The Balaban J connectivity index is 1.94. The maximum absolute atomic E-state index is 12.2. The van der Waals surface area contributed by atoms with Crippen LogP contribution in [0.3, 0.4) is 0 Å². The van der Waals surface area contributed by atoms with E-state index >= 15 is 0 Å². The Bertz CT molecular complexity index is 465. The van der Waals surface area contributed by atoms with Gasteiger partial charge >= 0.3 is 0 Å². The van der Waals surface area contributed by atoms with E-state index in [1.807, 2.05) is 0 Å². The zero-order valence-corrected chi connectivity index (χ0v) is 12.6. The zero-order chi connectivity index (χ0) is 14.4. The van der Waals surface area contributed by atoms with E-state index in [4.69, 9.17) is 0 Å². The molecule has 1 aromatic rings. The van der Waals surface area contributed by atoms with Crippen LogP contribution in [0.5, 0.6) is 0 Å². The van der Waals surface area contributed by atoms with E-state index in [-0.39, 0.29) is 11.6 Å². The van der Waals surface area contributed by atoms with E-state index in [0.29, 0.717) is 5.82 Å². The largest absolute Gasteiger partial charge is 0.362 e. The van der Waals surface area contributed by atoms with Crippen LogP contribution in [0.1, 0.15) is 39.5 Å². The minimum absolute atomic E-state index is 0.0140. The van der Waals surface area contributed by atoms with Crippen LogP contribution in [-0.2, 0) is 6.54 Å². The van der Waals surface area contributed by atoms with Gasteiger partial charge in [-0.05, 0) is 39.3 Å². The minimum Gasteiger partial charge on any atom is -0.362 e. The van der Waals surface area contributed by atoms with Crippen molar-refractivity contribution in [2.45, 2.75) is 52.1 Å². The molecular formula is C15H26N4O. The molecule has 5 nitrogen and oxygen atoms in total. The average molecular weight is 278 g/mol. The Morgan fingerprint density at radius 2 is 2.10 bits per heavy atom. The standard InChI is InChI=1S/C15H26N4O/c1-3-8-19-11-7-16-14(15(19)20)17-13(2)12-18-9-5-4-6-10-18/h7,11,13H,3-6,8-10,12H2,1-2H3,(H,16,17). The fourth-order valence-electron chi connectivity index (χ4n) is 2.77. The van der Waals surface area contributed by atoms with Crippen LogP contribution in [0.15, 0.2) is 17.2 Å². The number of nitrogens with zero attached hydrogens (tertiary/aromatic N) is 3. The van der Waals surface area contributed by atoms with Gasteiger partial charge in [0.15, 0.2) is 5.82 Å². The Morgan fingerprint density at radius 1 is 1.35 bits per heavy atom. The van der Waals surface area contributed by atoms with Gasteiger partial charge < -0.3 is 14.8 Å². The number of hydrogen-bond acceptors (Lipinski definition) is 4. The van der Waals surface area contributed by atoms with Gasteiger partial charge in [-0.2, -0.15) is 0 Å². The van der Waals surface area contributed by atoms with Crippen molar-refractivity contribution in [3.05, 3.63) is 22.7 Å². The third-order valence-corrected chi connectivity index (χ3v) is 3.74. The average Bonchev–Trinajstić information content (AvgIpc) is 2.44. The molecule has 0 aromatic carbocycles. The summed E-state index contributed by atoms with van der Waals surface area (Å²) in [7, 11) is 0. The maximum atomic E-state index is 12.2. The predicted molar refractivity (Wildman–Crippen MR) is 82.2 cm³/mol. The molecule has 1 unspecified atom stereocenters. The van der Waals surface area contributed by atoms with Gasteiger partial charge in [-0.3, -0.25) is 4.79 Å². The number of anilines is 1. The minimum atomic E-state index is -0.0140. The summed E-state index contributed by atoms with van der Waals surface area (Å²) in [6, 6.07) is 0.241.